The van der Waals surface area contributed by atoms with Crippen molar-refractivity contribution in [1.82, 2.24) is 9.97 Å². The number of methoxy groups -OCH3 is 2. The second kappa shape index (κ2) is 15.0. The van der Waals surface area contributed by atoms with Crippen LogP contribution in [0.1, 0.15) is 41.5 Å². The van der Waals surface area contributed by atoms with Crippen LogP contribution < -0.4 is 18.3 Å². The fourth-order valence-corrected chi connectivity index (χ4v) is 7.72. The highest BCUT2D eigenvalue weighted by Gasteiger charge is 2.40. The van der Waals surface area contributed by atoms with Crippen LogP contribution in [0, 0.1) is 0 Å². The summed E-state index contributed by atoms with van der Waals surface area (Å²) in [7, 11) is -0.555. The molecule has 2 aromatic heterocycles. The molecule has 0 aliphatic rings. The molecule has 12 heteroatoms. The van der Waals surface area contributed by atoms with Gasteiger partial charge in [0.2, 0.25) is 28.4 Å². The Morgan fingerprint density at radius 3 is 1.29 bits per heavy atom. The second-order valence-electron chi connectivity index (χ2n) is 15.7. The Hall–Kier alpha value is -3.59. The molecule has 4 aromatic carbocycles. The number of halogens is 2. The third-order valence-corrected chi connectivity index (χ3v) is 19.8. The van der Waals surface area contributed by atoms with Crippen LogP contribution in [0.5, 0.6) is 23.0 Å². The number of nitrogens with zero attached hydrogens (tertiary/aromatic N) is 2. The summed E-state index contributed by atoms with van der Waals surface area (Å²) in [5.74, 6) is 4.41. The number of benzene rings is 4. The van der Waals surface area contributed by atoms with E-state index >= 15 is 0 Å². The van der Waals surface area contributed by atoms with Crippen molar-refractivity contribution in [2.75, 3.05) is 14.2 Å². The molecule has 8 nitrogen and oxygen atoms in total. The van der Waals surface area contributed by atoms with Gasteiger partial charge in [-0.3, -0.25) is 0 Å². The summed E-state index contributed by atoms with van der Waals surface area (Å²) in [6, 6.07) is 23.3. The van der Waals surface area contributed by atoms with Crippen molar-refractivity contribution in [3.05, 3.63) is 81.7 Å². The van der Waals surface area contributed by atoms with Crippen molar-refractivity contribution in [3.63, 3.8) is 0 Å². The number of hydrogen-bond acceptors (Lipinski definition) is 8. The summed E-state index contributed by atoms with van der Waals surface area (Å²) in [6.45, 7) is 22.4. The standard InChI is InChI=1S/C25H36BrNO3Si2.C15H12BrNO3/c1-24(2,3)31(7,8)29-18-13-11-17(12-14-18)23-27-21-16-19(15-20(26)22(21)28-23)30-32(9,10)25(4,5)6;1-18-10-5-3-9(4-6-10)15-17-13-8-11(19-2)7-12(16)14(13)20-15/h11-16H,1-10H3;3-8H,1-2H3. The third-order valence-electron chi connectivity index (χ3n) is 9.87. The van der Waals surface area contributed by atoms with E-state index in [2.05, 4.69) is 105 Å². The van der Waals surface area contributed by atoms with Crippen molar-refractivity contribution in [2.24, 2.45) is 0 Å². The zero-order valence-electron chi connectivity index (χ0n) is 32.0. The fraction of sp³-hybridized carbons (Fsp3) is 0.350. The highest BCUT2D eigenvalue weighted by Crippen LogP contribution is 2.41. The van der Waals surface area contributed by atoms with Gasteiger partial charge in [-0.1, -0.05) is 41.5 Å². The molecule has 0 N–H and O–H groups in total. The molecule has 0 atom stereocenters. The Bertz CT molecular complexity index is 2160. The lowest BCUT2D eigenvalue weighted by Crippen LogP contribution is -2.43. The lowest BCUT2D eigenvalue weighted by Gasteiger charge is -2.36. The van der Waals surface area contributed by atoms with E-state index in [9.17, 15) is 0 Å². The maximum atomic E-state index is 6.47. The van der Waals surface area contributed by atoms with Gasteiger partial charge in [0.1, 0.15) is 34.0 Å². The molecule has 0 aliphatic heterocycles. The molecule has 0 amide bonds. The monoisotopic (exact) mass is 866 g/mol. The topological polar surface area (TPSA) is 89.0 Å². The van der Waals surface area contributed by atoms with E-state index in [1.807, 2.05) is 72.8 Å². The van der Waals surface area contributed by atoms with Crippen molar-refractivity contribution >= 4 is 70.7 Å². The van der Waals surface area contributed by atoms with Crippen LogP contribution in [0.4, 0.5) is 0 Å². The Morgan fingerprint density at radius 2 is 0.885 bits per heavy atom. The minimum Gasteiger partial charge on any atom is -0.544 e. The van der Waals surface area contributed by atoms with Crippen LogP contribution in [0.15, 0.2) is 90.6 Å². The van der Waals surface area contributed by atoms with Crippen LogP contribution in [0.3, 0.4) is 0 Å². The first-order chi connectivity index (χ1) is 24.2. The molecular formula is C40H48Br2N2O6Si2. The normalized spacial score (nSPS) is 12.4. The van der Waals surface area contributed by atoms with Gasteiger partial charge < -0.3 is 27.2 Å². The van der Waals surface area contributed by atoms with Crippen LogP contribution >= 0.6 is 31.9 Å². The zero-order valence-corrected chi connectivity index (χ0v) is 37.2. The average molecular weight is 869 g/mol. The molecule has 0 bridgehead atoms. The van der Waals surface area contributed by atoms with E-state index in [1.165, 1.54) is 0 Å². The summed E-state index contributed by atoms with van der Waals surface area (Å²) in [5.41, 5.74) is 4.78. The van der Waals surface area contributed by atoms with E-state index in [1.54, 1.807) is 14.2 Å². The van der Waals surface area contributed by atoms with Crippen LogP contribution in [-0.2, 0) is 0 Å². The molecule has 0 saturated carbocycles. The van der Waals surface area contributed by atoms with Gasteiger partial charge in [0.05, 0.1) is 23.2 Å². The Balaban J connectivity index is 0.000000223. The number of oxazole rings is 2. The van der Waals surface area contributed by atoms with Gasteiger partial charge in [-0.25, -0.2) is 9.97 Å². The number of ether oxygens (including phenoxy) is 2. The molecule has 0 fully saturated rings. The first-order valence-electron chi connectivity index (χ1n) is 17.1. The van der Waals surface area contributed by atoms with Crippen LogP contribution in [-0.4, -0.2) is 40.8 Å². The van der Waals surface area contributed by atoms with Crippen molar-refractivity contribution in [2.45, 2.75) is 77.8 Å². The predicted molar refractivity (Wildman–Crippen MR) is 223 cm³/mol. The molecule has 276 valence electrons. The number of hydrogen-bond donors (Lipinski definition) is 0. The molecule has 0 aliphatic carbocycles. The SMILES string of the molecule is CC(C)(C)[Si](C)(C)Oc1ccc(-c2nc3cc(O[Si](C)(C)C(C)(C)C)cc(Br)c3o2)cc1.COc1ccc(-c2nc3cc(OC)cc(Br)c3o2)cc1. The molecule has 0 radical (unpaired) electrons. The largest absolute Gasteiger partial charge is 0.544 e. The van der Waals surface area contributed by atoms with Gasteiger partial charge in [0, 0.05) is 23.3 Å². The maximum Gasteiger partial charge on any atom is 0.250 e. The smallest absolute Gasteiger partial charge is 0.250 e. The van der Waals surface area contributed by atoms with Crippen LogP contribution in [0.25, 0.3) is 45.1 Å². The second-order valence-corrected chi connectivity index (χ2v) is 26.9. The van der Waals surface area contributed by atoms with Crippen molar-refractivity contribution in [1.29, 1.82) is 0 Å². The lowest BCUT2D eigenvalue weighted by atomic mass is 10.2. The molecule has 0 unspecified atom stereocenters. The van der Waals surface area contributed by atoms with Crippen molar-refractivity contribution in [3.8, 4) is 45.9 Å². The van der Waals surface area contributed by atoms with Gasteiger partial charge in [0.25, 0.3) is 0 Å². The Morgan fingerprint density at radius 1 is 0.519 bits per heavy atom. The van der Waals surface area contributed by atoms with E-state index in [0.717, 1.165) is 59.7 Å². The van der Waals surface area contributed by atoms with E-state index in [0.29, 0.717) is 17.4 Å². The predicted octanol–water partition coefficient (Wildman–Crippen LogP) is 13.3. The number of rotatable bonds is 8. The first-order valence-corrected chi connectivity index (χ1v) is 24.5. The molecule has 6 rings (SSSR count). The highest BCUT2D eigenvalue weighted by atomic mass is 79.9. The van der Waals surface area contributed by atoms with E-state index in [4.69, 9.17) is 32.1 Å². The minimum absolute atomic E-state index is 0.123. The van der Waals surface area contributed by atoms with Gasteiger partial charge in [-0.15, -0.1) is 0 Å². The molecule has 0 spiro atoms. The molecule has 2 heterocycles. The van der Waals surface area contributed by atoms with Gasteiger partial charge >= 0.3 is 0 Å². The molecular weight excluding hydrogens is 820 g/mol. The van der Waals surface area contributed by atoms with E-state index in [-0.39, 0.29) is 10.1 Å². The highest BCUT2D eigenvalue weighted by molar-refractivity contribution is 9.11. The summed E-state index contributed by atoms with van der Waals surface area (Å²) in [5, 5.41) is 0.278. The summed E-state index contributed by atoms with van der Waals surface area (Å²) in [4.78, 5) is 9.24. The molecule has 6 aromatic rings. The summed E-state index contributed by atoms with van der Waals surface area (Å²) in [6.07, 6.45) is 0. The molecule has 0 saturated heterocycles. The maximum absolute atomic E-state index is 6.47. The fourth-order valence-electron chi connectivity index (χ4n) is 4.65. The quantitative estimate of drug-likeness (QED) is 0.140. The summed E-state index contributed by atoms with van der Waals surface area (Å²) >= 11 is 7.10. The van der Waals surface area contributed by atoms with Gasteiger partial charge in [-0.05, 0) is 129 Å². The van der Waals surface area contributed by atoms with Crippen LogP contribution in [0.2, 0.25) is 36.3 Å². The molecule has 52 heavy (non-hydrogen) atoms. The number of fused-ring (bicyclic) bond motifs is 2. The Labute approximate surface area is 325 Å². The van der Waals surface area contributed by atoms with Gasteiger partial charge in [0.15, 0.2) is 11.2 Å². The summed E-state index contributed by atoms with van der Waals surface area (Å²) < 4.78 is 36.8. The zero-order chi connectivity index (χ0) is 38.2. The van der Waals surface area contributed by atoms with Crippen molar-refractivity contribution < 1.29 is 27.2 Å². The number of aromatic nitrogens is 2. The third kappa shape index (κ3) is 8.78. The Kier molecular flexibility index (Phi) is 11.5. The lowest BCUT2D eigenvalue weighted by molar-refractivity contribution is 0.414. The first kappa shape index (κ1) is 39.6. The minimum atomic E-state index is -1.94. The van der Waals surface area contributed by atoms with Gasteiger partial charge in [-0.2, -0.15) is 0 Å². The average Bonchev–Trinajstić information content (AvgIpc) is 3.70. The van der Waals surface area contributed by atoms with E-state index < -0.39 is 16.6 Å².